The van der Waals surface area contributed by atoms with Gasteiger partial charge >= 0.3 is 0 Å². The van der Waals surface area contributed by atoms with Crippen molar-refractivity contribution in [2.24, 2.45) is 5.41 Å². The molecule has 0 saturated carbocycles. The highest BCUT2D eigenvalue weighted by molar-refractivity contribution is 5.45. The van der Waals surface area contributed by atoms with Gasteiger partial charge in [-0.15, -0.1) is 0 Å². The third-order valence-electron chi connectivity index (χ3n) is 4.28. The van der Waals surface area contributed by atoms with E-state index < -0.39 is 0 Å². The maximum absolute atomic E-state index is 13.0. The third kappa shape index (κ3) is 3.69. The molecule has 2 rings (SSSR count). The van der Waals surface area contributed by atoms with Crippen LogP contribution in [0.2, 0.25) is 0 Å². The van der Waals surface area contributed by atoms with E-state index in [1.54, 1.807) is 12.1 Å². The van der Waals surface area contributed by atoms with Gasteiger partial charge in [-0.1, -0.05) is 13.3 Å². The van der Waals surface area contributed by atoms with Crippen molar-refractivity contribution in [3.8, 4) is 0 Å². The van der Waals surface area contributed by atoms with Crippen molar-refractivity contribution >= 4 is 5.69 Å². The molecule has 106 valence electrons. The zero-order valence-electron chi connectivity index (χ0n) is 12.1. The fourth-order valence-corrected chi connectivity index (χ4v) is 3.26. The lowest BCUT2D eigenvalue weighted by Crippen LogP contribution is -2.43. The molecule has 0 spiro atoms. The first-order valence-electron chi connectivity index (χ1n) is 7.33. The number of anilines is 1. The van der Waals surface area contributed by atoms with Gasteiger partial charge in [0.15, 0.2) is 0 Å². The Bertz CT molecular complexity index is 377. The maximum atomic E-state index is 13.0. The first-order valence-corrected chi connectivity index (χ1v) is 7.33. The van der Waals surface area contributed by atoms with Crippen LogP contribution in [0.4, 0.5) is 10.1 Å². The van der Waals surface area contributed by atoms with Crippen LogP contribution in [0, 0.1) is 11.2 Å². The van der Waals surface area contributed by atoms with Crippen LogP contribution >= 0.6 is 0 Å². The summed E-state index contributed by atoms with van der Waals surface area (Å²) in [5, 5.41) is 3.45. The lowest BCUT2D eigenvalue weighted by atomic mass is 9.75. The van der Waals surface area contributed by atoms with E-state index in [9.17, 15) is 4.39 Å². The quantitative estimate of drug-likeness (QED) is 0.876. The Labute approximate surface area is 116 Å². The zero-order chi connectivity index (χ0) is 13.7. The van der Waals surface area contributed by atoms with Crippen LogP contribution in [0.3, 0.4) is 0 Å². The number of rotatable bonds is 5. The van der Waals surface area contributed by atoms with Crippen LogP contribution in [-0.4, -0.2) is 26.7 Å². The topological polar surface area (TPSA) is 15.3 Å². The molecular formula is C16H25FN2. The number of hydrogen-bond acceptors (Lipinski definition) is 2. The Morgan fingerprint density at radius 3 is 2.42 bits per heavy atom. The van der Waals surface area contributed by atoms with E-state index in [4.69, 9.17) is 0 Å². The molecule has 0 unspecified atom stereocenters. The molecule has 1 fully saturated rings. The Hall–Kier alpha value is -1.09. The van der Waals surface area contributed by atoms with Gasteiger partial charge in [-0.25, -0.2) is 4.39 Å². The van der Waals surface area contributed by atoms with Crippen molar-refractivity contribution in [2.45, 2.75) is 32.6 Å². The standard InChI is InChI=1S/C16H25FN2/c1-3-8-16(9-11-18-12-10-16)13-19(2)15-6-4-14(17)5-7-15/h4-7,18H,3,8-13H2,1-2H3. The van der Waals surface area contributed by atoms with Gasteiger partial charge in [0, 0.05) is 19.3 Å². The minimum Gasteiger partial charge on any atom is -0.374 e. The number of nitrogens with one attached hydrogen (secondary N) is 1. The molecule has 1 N–H and O–H groups in total. The minimum absolute atomic E-state index is 0.165. The molecule has 0 atom stereocenters. The average molecular weight is 264 g/mol. The molecule has 2 nitrogen and oxygen atoms in total. The Kier molecular flexibility index (Phi) is 4.81. The van der Waals surface area contributed by atoms with Crippen molar-refractivity contribution < 1.29 is 4.39 Å². The second kappa shape index (κ2) is 6.38. The largest absolute Gasteiger partial charge is 0.374 e. The predicted octanol–water partition coefficient (Wildman–Crippen LogP) is 3.43. The lowest BCUT2D eigenvalue weighted by Gasteiger charge is -2.41. The summed E-state index contributed by atoms with van der Waals surface area (Å²) in [6.07, 6.45) is 5.00. The van der Waals surface area contributed by atoms with Crippen molar-refractivity contribution in [3.63, 3.8) is 0 Å². The van der Waals surface area contributed by atoms with Crippen LogP contribution in [0.5, 0.6) is 0 Å². The van der Waals surface area contributed by atoms with E-state index in [-0.39, 0.29) is 5.82 Å². The van der Waals surface area contributed by atoms with Crippen molar-refractivity contribution in [3.05, 3.63) is 30.1 Å². The Morgan fingerprint density at radius 2 is 1.84 bits per heavy atom. The number of hydrogen-bond donors (Lipinski definition) is 1. The highest BCUT2D eigenvalue weighted by atomic mass is 19.1. The molecular weight excluding hydrogens is 239 g/mol. The lowest BCUT2D eigenvalue weighted by molar-refractivity contribution is 0.190. The van der Waals surface area contributed by atoms with Crippen LogP contribution in [0.1, 0.15) is 32.6 Å². The highest BCUT2D eigenvalue weighted by Gasteiger charge is 2.32. The number of piperidine rings is 1. The third-order valence-corrected chi connectivity index (χ3v) is 4.28. The fraction of sp³-hybridized carbons (Fsp3) is 0.625. The van der Waals surface area contributed by atoms with E-state index >= 15 is 0 Å². The van der Waals surface area contributed by atoms with Gasteiger partial charge < -0.3 is 10.2 Å². The van der Waals surface area contributed by atoms with Crippen LogP contribution < -0.4 is 10.2 Å². The molecule has 1 aromatic rings. The van der Waals surface area contributed by atoms with E-state index in [2.05, 4.69) is 24.2 Å². The monoisotopic (exact) mass is 264 g/mol. The number of halogens is 1. The first kappa shape index (κ1) is 14.3. The van der Waals surface area contributed by atoms with Crippen LogP contribution in [0.25, 0.3) is 0 Å². The van der Waals surface area contributed by atoms with Gasteiger partial charge in [0.2, 0.25) is 0 Å². The summed E-state index contributed by atoms with van der Waals surface area (Å²) < 4.78 is 13.0. The predicted molar refractivity (Wildman–Crippen MR) is 79.1 cm³/mol. The molecule has 19 heavy (non-hydrogen) atoms. The van der Waals surface area contributed by atoms with E-state index in [0.717, 1.165) is 25.3 Å². The fourth-order valence-electron chi connectivity index (χ4n) is 3.26. The van der Waals surface area contributed by atoms with Crippen molar-refractivity contribution in [1.29, 1.82) is 0 Å². The normalized spacial score (nSPS) is 18.3. The van der Waals surface area contributed by atoms with Crippen molar-refractivity contribution in [2.75, 3.05) is 31.6 Å². The Balaban J connectivity index is 2.05. The molecule has 1 aliphatic heterocycles. The molecule has 0 bridgehead atoms. The Morgan fingerprint density at radius 1 is 1.21 bits per heavy atom. The molecule has 1 aromatic carbocycles. The van der Waals surface area contributed by atoms with Crippen LogP contribution in [0.15, 0.2) is 24.3 Å². The molecule has 0 amide bonds. The van der Waals surface area contributed by atoms with Gasteiger partial charge in [0.05, 0.1) is 0 Å². The van der Waals surface area contributed by atoms with E-state index in [1.807, 2.05) is 12.1 Å². The average Bonchev–Trinajstić information content (AvgIpc) is 2.40. The SMILES string of the molecule is CCCC1(CN(C)c2ccc(F)cc2)CCNCC1. The van der Waals surface area contributed by atoms with E-state index in [1.165, 1.54) is 25.7 Å². The summed E-state index contributed by atoms with van der Waals surface area (Å²) in [6.45, 7) is 5.57. The summed E-state index contributed by atoms with van der Waals surface area (Å²) in [5.41, 5.74) is 1.53. The van der Waals surface area contributed by atoms with Gasteiger partial charge in [0.1, 0.15) is 5.82 Å². The molecule has 0 aliphatic carbocycles. The second-order valence-electron chi connectivity index (χ2n) is 5.83. The van der Waals surface area contributed by atoms with Crippen LogP contribution in [-0.2, 0) is 0 Å². The van der Waals surface area contributed by atoms with Gasteiger partial charge in [-0.2, -0.15) is 0 Å². The highest BCUT2D eigenvalue weighted by Crippen LogP contribution is 2.35. The molecule has 0 radical (unpaired) electrons. The molecule has 0 aromatic heterocycles. The minimum atomic E-state index is -0.165. The molecule has 3 heteroatoms. The summed E-state index contributed by atoms with van der Waals surface area (Å²) in [7, 11) is 2.12. The number of nitrogens with zero attached hydrogens (tertiary/aromatic N) is 1. The van der Waals surface area contributed by atoms with E-state index in [0.29, 0.717) is 5.41 Å². The molecule has 1 saturated heterocycles. The summed E-state index contributed by atoms with van der Waals surface area (Å²) in [4.78, 5) is 2.28. The van der Waals surface area contributed by atoms with Crippen molar-refractivity contribution in [1.82, 2.24) is 5.32 Å². The van der Waals surface area contributed by atoms with Gasteiger partial charge in [-0.3, -0.25) is 0 Å². The first-order chi connectivity index (χ1) is 9.15. The summed E-state index contributed by atoms with van der Waals surface area (Å²) in [6, 6.07) is 6.83. The second-order valence-corrected chi connectivity index (χ2v) is 5.83. The van der Waals surface area contributed by atoms with Gasteiger partial charge in [0.25, 0.3) is 0 Å². The summed E-state index contributed by atoms with van der Waals surface area (Å²) in [5.74, 6) is -0.165. The molecule has 1 aliphatic rings. The number of benzene rings is 1. The van der Waals surface area contributed by atoms with Gasteiger partial charge in [-0.05, 0) is 62.0 Å². The summed E-state index contributed by atoms with van der Waals surface area (Å²) >= 11 is 0. The smallest absolute Gasteiger partial charge is 0.123 e. The maximum Gasteiger partial charge on any atom is 0.123 e. The zero-order valence-corrected chi connectivity index (χ0v) is 12.1. The molecule has 1 heterocycles.